The molecule has 0 spiro atoms. The highest BCUT2D eigenvalue weighted by molar-refractivity contribution is 7.84. The van der Waals surface area contributed by atoms with Crippen LogP contribution in [0, 0.1) is 5.92 Å². The summed E-state index contributed by atoms with van der Waals surface area (Å²) in [6.07, 6.45) is 0.582. The van der Waals surface area contributed by atoms with Gasteiger partial charge >= 0.3 is 0 Å². The van der Waals surface area contributed by atoms with Gasteiger partial charge in [-0.15, -0.1) is 0 Å². The average Bonchev–Trinajstić information content (AvgIpc) is 2.74. The molecular formula is C21H29Cl2N3O5S. The van der Waals surface area contributed by atoms with Crippen LogP contribution >= 0.6 is 23.2 Å². The van der Waals surface area contributed by atoms with E-state index in [0.717, 1.165) is 0 Å². The number of hydrogen-bond donors (Lipinski definition) is 3. The zero-order valence-electron chi connectivity index (χ0n) is 18.3. The third-order valence-electron chi connectivity index (χ3n) is 5.69. The van der Waals surface area contributed by atoms with E-state index < -0.39 is 27.9 Å². The summed E-state index contributed by atoms with van der Waals surface area (Å²) in [4.78, 5) is 25.8. The molecular weight excluding hydrogens is 477 g/mol. The summed E-state index contributed by atoms with van der Waals surface area (Å²) in [6.45, 7) is 6.63. The molecule has 178 valence electrons. The minimum absolute atomic E-state index is 0.000434. The molecule has 3 rings (SSSR count). The van der Waals surface area contributed by atoms with E-state index in [9.17, 15) is 18.9 Å². The average molecular weight is 506 g/mol. The Kier molecular flexibility index (Phi) is 8.09. The lowest BCUT2D eigenvalue weighted by Gasteiger charge is -2.39. The van der Waals surface area contributed by atoms with Gasteiger partial charge in [-0.2, -0.15) is 0 Å². The van der Waals surface area contributed by atoms with Crippen molar-refractivity contribution in [2.24, 2.45) is 5.92 Å². The fourth-order valence-corrected chi connectivity index (χ4v) is 5.05. The molecule has 0 bridgehead atoms. The van der Waals surface area contributed by atoms with Crippen molar-refractivity contribution in [2.45, 2.75) is 50.5 Å². The van der Waals surface area contributed by atoms with Crippen molar-refractivity contribution in [3.8, 4) is 5.75 Å². The van der Waals surface area contributed by atoms with Crippen LogP contribution in [0.1, 0.15) is 45.2 Å². The molecule has 2 saturated heterocycles. The minimum Gasteiger partial charge on any atom is -0.508 e. The Hall–Kier alpha value is -1.39. The van der Waals surface area contributed by atoms with Gasteiger partial charge in [0.05, 0.1) is 38.4 Å². The minimum atomic E-state index is -1.39. The van der Waals surface area contributed by atoms with Gasteiger partial charge in [-0.3, -0.25) is 9.59 Å². The first kappa shape index (κ1) is 25.2. The maximum absolute atomic E-state index is 12.9. The van der Waals surface area contributed by atoms with Crippen LogP contribution in [0.3, 0.4) is 0 Å². The molecule has 2 aliphatic rings. The number of nitrogens with one attached hydrogen (secondary N) is 2. The second-order valence-electron chi connectivity index (χ2n) is 9.07. The third-order valence-corrected chi connectivity index (χ3v) is 8.00. The summed E-state index contributed by atoms with van der Waals surface area (Å²) in [7, 11) is -1.39. The highest BCUT2D eigenvalue weighted by Gasteiger charge is 2.36. The number of halogens is 2. The van der Waals surface area contributed by atoms with Gasteiger partial charge in [-0.1, -0.05) is 23.2 Å². The van der Waals surface area contributed by atoms with E-state index in [-0.39, 0.29) is 41.7 Å². The van der Waals surface area contributed by atoms with E-state index in [2.05, 4.69) is 10.0 Å². The summed E-state index contributed by atoms with van der Waals surface area (Å²) in [5.74, 6) is -0.397. The van der Waals surface area contributed by atoms with Crippen LogP contribution in [0.4, 0.5) is 0 Å². The molecule has 1 aromatic carbocycles. The molecule has 11 heteroatoms. The third kappa shape index (κ3) is 5.94. The molecule has 2 amide bonds. The van der Waals surface area contributed by atoms with Crippen LogP contribution < -0.4 is 10.0 Å². The van der Waals surface area contributed by atoms with Crippen LogP contribution in [-0.4, -0.2) is 63.1 Å². The quantitative estimate of drug-likeness (QED) is 0.569. The number of amides is 2. The van der Waals surface area contributed by atoms with Gasteiger partial charge in [-0.25, -0.2) is 8.93 Å². The molecule has 3 N–H and O–H groups in total. The van der Waals surface area contributed by atoms with Crippen LogP contribution in [0.25, 0.3) is 0 Å². The van der Waals surface area contributed by atoms with Crippen LogP contribution in [-0.2, 0) is 25.3 Å². The summed E-state index contributed by atoms with van der Waals surface area (Å²) >= 11 is 12.2. The van der Waals surface area contributed by atoms with Crippen molar-refractivity contribution < 1.29 is 23.6 Å². The number of piperidine rings is 1. The first-order chi connectivity index (χ1) is 15.0. The number of hydrogen-bond acceptors (Lipinski definition) is 5. The van der Waals surface area contributed by atoms with Gasteiger partial charge in [0.15, 0.2) is 6.10 Å². The normalized spacial score (nSPS) is 22.3. The van der Waals surface area contributed by atoms with Gasteiger partial charge in [-0.05, 0) is 45.6 Å². The number of phenols is 1. The molecule has 0 saturated carbocycles. The molecule has 2 aliphatic heterocycles. The number of morpholine rings is 1. The molecule has 2 heterocycles. The number of phenolic OH excluding ortho intramolecular Hbond substituents is 1. The molecule has 2 unspecified atom stereocenters. The van der Waals surface area contributed by atoms with E-state index in [1.807, 2.05) is 20.8 Å². The van der Waals surface area contributed by atoms with Crippen LogP contribution in [0.5, 0.6) is 5.75 Å². The second kappa shape index (κ2) is 10.3. The molecule has 1 aromatic rings. The van der Waals surface area contributed by atoms with Gasteiger partial charge in [0.2, 0.25) is 5.91 Å². The van der Waals surface area contributed by atoms with Crippen molar-refractivity contribution in [3.05, 3.63) is 27.7 Å². The molecule has 8 nitrogen and oxygen atoms in total. The van der Waals surface area contributed by atoms with Crippen molar-refractivity contribution in [1.82, 2.24) is 14.9 Å². The number of aromatic hydroxyl groups is 1. The van der Waals surface area contributed by atoms with Crippen molar-refractivity contribution in [2.75, 3.05) is 26.2 Å². The number of carbonyl (C=O) groups excluding carboxylic acids is 2. The van der Waals surface area contributed by atoms with Gasteiger partial charge in [0, 0.05) is 24.7 Å². The fourth-order valence-electron chi connectivity index (χ4n) is 3.81. The maximum Gasteiger partial charge on any atom is 0.253 e. The first-order valence-corrected chi connectivity index (χ1v) is 12.4. The van der Waals surface area contributed by atoms with E-state index in [4.69, 9.17) is 27.9 Å². The first-order valence-electron chi connectivity index (χ1n) is 10.5. The van der Waals surface area contributed by atoms with Gasteiger partial charge in [0.25, 0.3) is 5.91 Å². The standard InChI is InChI=1S/C21H29Cl2N3O5S/c1-21(2,3)32(30)25-19(13-8-14(22)15(23)9-16(13)27)12-4-6-26(7-5-12)20(29)17-10-24-18(28)11-31-17/h8-9,12,17,19,25,27H,4-7,10-11H2,1-3H3,(H,24,28)/t17?,19-,32?/m1/s1. The number of ether oxygens (including phenoxy) is 1. The summed E-state index contributed by atoms with van der Waals surface area (Å²) in [5.41, 5.74) is 0.528. The van der Waals surface area contributed by atoms with Crippen molar-refractivity contribution in [3.63, 3.8) is 0 Å². The topological polar surface area (TPSA) is 108 Å². The largest absolute Gasteiger partial charge is 0.508 e. The Morgan fingerprint density at radius 1 is 1.28 bits per heavy atom. The molecule has 32 heavy (non-hydrogen) atoms. The maximum atomic E-state index is 12.9. The fraction of sp³-hybridized carbons (Fsp3) is 0.619. The number of likely N-dealkylation sites (tertiary alicyclic amines) is 1. The van der Waals surface area contributed by atoms with Gasteiger partial charge < -0.3 is 20.1 Å². The van der Waals surface area contributed by atoms with Crippen molar-refractivity contribution in [1.29, 1.82) is 0 Å². The predicted molar refractivity (Wildman–Crippen MR) is 124 cm³/mol. The predicted octanol–water partition coefficient (Wildman–Crippen LogP) is 2.55. The van der Waals surface area contributed by atoms with Crippen LogP contribution in [0.15, 0.2) is 12.1 Å². The highest BCUT2D eigenvalue weighted by Crippen LogP contribution is 2.39. The van der Waals surface area contributed by atoms with E-state index in [0.29, 0.717) is 36.5 Å². The van der Waals surface area contributed by atoms with E-state index >= 15 is 0 Å². The Balaban J connectivity index is 1.75. The molecule has 0 aliphatic carbocycles. The summed E-state index contributed by atoms with van der Waals surface area (Å²) < 4.78 is 20.9. The zero-order chi connectivity index (χ0) is 23.6. The van der Waals surface area contributed by atoms with Crippen LogP contribution in [0.2, 0.25) is 10.0 Å². The lowest BCUT2D eigenvalue weighted by Crippen LogP contribution is -2.53. The molecule has 0 radical (unpaired) electrons. The number of benzene rings is 1. The van der Waals surface area contributed by atoms with Crippen molar-refractivity contribution >= 4 is 46.0 Å². The zero-order valence-corrected chi connectivity index (χ0v) is 20.6. The lowest BCUT2D eigenvalue weighted by molar-refractivity contribution is -0.151. The number of nitrogens with zero attached hydrogens (tertiary/aromatic N) is 1. The Bertz CT molecular complexity index is 890. The van der Waals surface area contributed by atoms with E-state index in [1.54, 1.807) is 11.0 Å². The second-order valence-corrected chi connectivity index (χ2v) is 11.9. The SMILES string of the molecule is CC(C)(C)S(=O)N[C@@H](c1cc(Cl)c(Cl)cc1O)C1CCN(C(=O)C2CNC(=O)CO2)CC1. The smallest absolute Gasteiger partial charge is 0.253 e. The molecule has 0 aromatic heterocycles. The number of carbonyl (C=O) groups is 2. The summed E-state index contributed by atoms with van der Waals surface area (Å²) in [5, 5.41) is 13.8. The molecule has 3 atom stereocenters. The van der Waals surface area contributed by atoms with E-state index in [1.165, 1.54) is 6.07 Å². The Morgan fingerprint density at radius 2 is 1.91 bits per heavy atom. The van der Waals surface area contributed by atoms with Gasteiger partial charge in [0.1, 0.15) is 12.4 Å². The Labute approximate surface area is 200 Å². The number of rotatable bonds is 5. The highest BCUT2D eigenvalue weighted by atomic mass is 35.5. The lowest BCUT2D eigenvalue weighted by atomic mass is 9.85. The molecule has 2 fully saturated rings. The monoisotopic (exact) mass is 505 g/mol. The summed E-state index contributed by atoms with van der Waals surface area (Å²) in [6, 6.07) is 2.56. The Morgan fingerprint density at radius 3 is 2.47 bits per heavy atom.